The Bertz CT molecular complexity index is 571. The molecule has 0 bridgehead atoms. The molecule has 0 amide bonds. The van der Waals surface area contributed by atoms with E-state index in [1.807, 2.05) is 0 Å². The third kappa shape index (κ3) is 2.38. The van der Waals surface area contributed by atoms with Crippen molar-refractivity contribution >= 4 is 0 Å². The zero-order valence-electron chi connectivity index (χ0n) is 12.4. The second-order valence-corrected chi connectivity index (χ2v) is 5.71. The van der Waals surface area contributed by atoms with Crippen LogP contribution in [-0.4, -0.2) is 7.05 Å². The first-order valence-corrected chi connectivity index (χ1v) is 7.67. The zero-order valence-corrected chi connectivity index (χ0v) is 12.4. The molecule has 0 heterocycles. The molecule has 2 unspecified atom stereocenters. The van der Waals surface area contributed by atoms with Crippen molar-refractivity contribution in [1.82, 2.24) is 5.32 Å². The van der Waals surface area contributed by atoms with Gasteiger partial charge in [-0.25, -0.2) is 0 Å². The van der Waals surface area contributed by atoms with Crippen LogP contribution in [0.5, 0.6) is 0 Å². The normalized spacial score (nSPS) is 18.8. The van der Waals surface area contributed by atoms with Crippen molar-refractivity contribution < 1.29 is 0 Å². The van der Waals surface area contributed by atoms with E-state index in [4.69, 9.17) is 0 Å². The minimum atomic E-state index is 0.421. The van der Waals surface area contributed by atoms with Crippen LogP contribution in [0.15, 0.2) is 48.5 Å². The molecule has 0 aliphatic heterocycles. The summed E-state index contributed by atoms with van der Waals surface area (Å²) in [5.41, 5.74) is 5.89. The molecule has 0 aromatic heterocycles. The summed E-state index contributed by atoms with van der Waals surface area (Å²) in [6.45, 7) is 2.21. The van der Waals surface area contributed by atoms with Crippen LogP contribution in [0.25, 0.3) is 0 Å². The second-order valence-electron chi connectivity index (χ2n) is 5.71. The maximum atomic E-state index is 3.54. The molecule has 1 heteroatoms. The van der Waals surface area contributed by atoms with Crippen LogP contribution in [0.4, 0.5) is 0 Å². The summed E-state index contributed by atoms with van der Waals surface area (Å²) in [4.78, 5) is 0. The van der Waals surface area contributed by atoms with E-state index in [-0.39, 0.29) is 0 Å². The highest BCUT2D eigenvalue weighted by Crippen LogP contribution is 2.41. The van der Waals surface area contributed by atoms with Crippen LogP contribution in [0, 0.1) is 0 Å². The average Bonchev–Trinajstić information content (AvgIpc) is 2.93. The molecule has 1 aliphatic carbocycles. The van der Waals surface area contributed by atoms with Gasteiger partial charge in [0, 0.05) is 12.0 Å². The van der Waals surface area contributed by atoms with E-state index in [1.54, 1.807) is 0 Å². The van der Waals surface area contributed by atoms with E-state index in [9.17, 15) is 0 Å². The molecule has 0 saturated heterocycles. The van der Waals surface area contributed by atoms with E-state index in [0.717, 1.165) is 6.42 Å². The largest absolute Gasteiger partial charge is 0.312 e. The zero-order chi connectivity index (χ0) is 13.9. The van der Waals surface area contributed by atoms with Crippen LogP contribution in [0.3, 0.4) is 0 Å². The molecule has 0 fully saturated rings. The molecule has 20 heavy (non-hydrogen) atoms. The van der Waals surface area contributed by atoms with Gasteiger partial charge in [-0.15, -0.1) is 0 Å². The van der Waals surface area contributed by atoms with Gasteiger partial charge in [0.2, 0.25) is 0 Å². The minimum Gasteiger partial charge on any atom is -0.312 e. The fraction of sp³-hybridized carbons (Fsp3) is 0.368. The van der Waals surface area contributed by atoms with Gasteiger partial charge in [0.05, 0.1) is 0 Å². The second kappa shape index (κ2) is 5.80. The van der Waals surface area contributed by atoms with E-state index in [0.29, 0.717) is 12.0 Å². The lowest BCUT2D eigenvalue weighted by Gasteiger charge is -2.25. The smallest absolute Gasteiger partial charge is 0.0387 e. The monoisotopic (exact) mass is 265 g/mol. The highest BCUT2D eigenvalue weighted by atomic mass is 14.9. The molecule has 0 spiro atoms. The third-order valence-electron chi connectivity index (χ3n) is 4.64. The summed E-state index contributed by atoms with van der Waals surface area (Å²) in [5, 5.41) is 3.54. The standard InChI is InChI=1S/C19H23N/c1-3-14-8-10-16(11-9-14)19(20-2)18-13-12-15-6-4-5-7-17(15)18/h4-11,18-20H,3,12-13H2,1-2H3. The average molecular weight is 265 g/mol. The Labute approximate surface area is 122 Å². The van der Waals surface area contributed by atoms with E-state index >= 15 is 0 Å². The van der Waals surface area contributed by atoms with Gasteiger partial charge < -0.3 is 5.32 Å². The molecule has 1 N–H and O–H groups in total. The van der Waals surface area contributed by atoms with Crippen molar-refractivity contribution in [3.63, 3.8) is 0 Å². The van der Waals surface area contributed by atoms with E-state index in [2.05, 4.69) is 67.8 Å². The minimum absolute atomic E-state index is 0.421. The summed E-state index contributed by atoms with van der Waals surface area (Å²) in [5.74, 6) is 0.601. The first-order valence-electron chi connectivity index (χ1n) is 7.67. The topological polar surface area (TPSA) is 12.0 Å². The summed E-state index contributed by atoms with van der Waals surface area (Å²) in [6, 6.07) is 18.4. The number of benzene rings is 2. The summed E-state index contributed by atoms with van der Waals surface area (Å²) < 4.78 is 0. The van der Waals surface area contributed by atoms with E-state index in [1.165, 1.54) is 35.1 Å². The van der Waals surface area contributed by atoms with Crippen molar-refractivity contribution in [2.45, 2.75) is 38.1 Å². The lowest BCUT2D eigenvalue weighted by Crippen LogP contribution is -2.22. The van der Waals surface area contributed by atoms with Crippen molar-refractivity contribution in [3.8, 4) is 0 Å². The first-order chi connectivity index (χ1) is 9.83. The van der Waals surface area contributed by atoms with Crippen molar-refractivity contribution in [3.05, 3.63) is 70.8 Å². The lowest BCUT2D eigenvalue weighted by atomic mass is 9.88. The molecule has 0 radical (unpaired) electrons. The molecule has 2 atom stereocenters. The van der Waals surface area contributed by atoms with Crippen molar-refractivity contribution in [2.75, 3.05) is 7.05 Å². The Hall–Kier alpha value is -1.60. The van der Waals surface area contributed by atoms with Gasteiger partial charge in [0.15, 0.2) is 0 Å². The van der Waals surface area contributed by atoms with Gasteiger partial charge in [-0.1, -0.05) is 55.5 Å². The number of nitrogens with one attached hydrogen (secondary N) is 1. The Balaban J connectivity index is 1.90. The number of hydrogen-bond donors (Lipinski definition) is 1. The summed E-state index contributed by atoms with van der Waals surface area (Å²) in [7, 11) is 2.08. The van der Waals surface area contributed by atoms with Crippen LogP contribution in [0.1, 0.15) is 47.6 Å². The molecular formula is C19H23N. The maximum Gasteiger partial charge on any atom is 0.0387 e. The Kier molecular flexibility index (Phi) is 3.88. The van der Waals surface area contributed by atoms with E-state index < -0.39 is 0 Å². The third-order valence-corrected chi connectivity index (χ3v) is 4.64. The first kappa shape index (κ1) is 13.4. The number of likely N-dealkylation sites (N-methyl/N-ethyl adjacent to an activating group) is 1. The number of fused-ring (bicyclic) bond motifs is 1. The maximum absolute atomic E-state index is 3.54. The van der Waals surface area contributed by atoms with Gasteiger partial charge in [-0.05, 0) is 48.6 Å². The van der Waals surface area contributed by atoms with Crippen molar-refractivity contribution in [1.29, 1.82) is 0 Å². The van der Waals surface area contributed by atoms with Gasteiger partial charge in [0.1, 0.15) is 0 Å². The fourth-order valence-corrected chi connectivity index (χ4v) is 3.50. The Morgan fingerprint density at radius 2 is 1.85 bits per heavy atom. The predicted molar refractivity (Wildman–Crippen MR) is 85.1 cm³/mol. The number of hydrogen-bond acceptors (Lipinski definition) is 1. The lowest BCUT2D eigenvalue weighted by molar-refractivity contribution is 0.477. The molecule has 2 aromatic carbocycles. The van der Waals surface area contributed by atoms with Crippen LogP contribution in [-0.2, 0) is 12.8 Å². The highest BCUT2D eigenvalue weighted by Gasteiger charge is 2.29. The van der Waals surface area contributed by atoms with Gasteiger partial charge in [-0.3, -0.25) is 0 Å². The van der Waals surface area contributed by atoms with Crippen molar-refractivity contribution in [2.24, 2.45) is 0 Å². The summed E-state index contributed by atoms with van der Waals surface area (Å²) in [6.07, 6.45) is 3.57. The summed E-state index contributed by atoms with van der Waals surface area (Å²) >= 11 is 0. The van der Waals surface area contributed by atoms with Gasteiger partial charge in [0.25, 0.3) is 0 Å². The fourth-order valence-electron chi connectivity index (χ4n) is 3.50. The molecule has 3 rings (SSSR count). The molecular weight excluding hydrogens is 242 g/mol. The van der Waals surface area contributed by atoms with Crippen LogP contribution < -0.4 is 5.32 Å². The molecule has 104 valence electrons. The van der Waals surface area contributed by atoms with Crippen LogP contribution >= 0.6 is 0 Å². The number of aryl methyl sites for hydroxylation is 2. The highest BCUT2D eigenvalue weighted by molar-refractivity contribution is 5.38. The Morgan fingerprint density at radius 3 is 2.55 bits per heavy atom. The molecule has 1 nitrogen and oxygen atoms in total. The predicted octanol–water partition coefficient (Wildman–Crippen LogP) is 4.24. The quantitative estimate of drug-likeness (QED) is 0.872. The Morgan fingerprint density at radius 1 is 1.10 bits per heavy atom. The van der Waals surface area contributed by atoms with Gasteiger partial charge in [-0.2, -0.15) is 0 Å². The molecule has 2 aromatic rings. The SMILES string of the molecule is CCc1ccc(C(NC)C2CCc3ccccc32)cc1. The molecule has 0 saturated carbocycles. The van der Waals surface area contributed by atoms with Gasteiger partial charge >= 0.3 is 0 Å². The molecule has 1 aliphatic rings. The van der Waals surface area contributed by atoms with Crippen LogP contribution in [0.2, 0.25) is 0 Å². The number of rotatable bonds is 4.